The maximum atomic E-state index is 12.2. The highest BCUT2D eigenvalue weighted by Crippen LogP contribution is 2.23. The Morgan fingerprint density at radius 2 is 1.96 bits per heavy atom. The molecule has 2 heterocycles. The van der Waals surface area contributed by atoms with Gasteiger partial charge in [-0.25, -0.2) is 9.97 Å². The van der Waals surface area contributed by atoms with E-state index in [9.17, 15) is 4.79 Å². The molecule has 23 heavy (non-hydrogen) atoms. The maximum absolute atomic E-state index is 12.2. The molecule has 0 radical (unpaired) electrons. The molecule has 0 aliphatic rings. The van der Waals surface area contributed by atoms with Crippen molar-refractivity contribution < 1.29 is 4.79 Å². The van der Waals surface area contributed by atoms with E-state index in [0.717, 1.165) is 0 Å². The van der Waals surface area contributed by atoms with E-state index in [1.165, 1.54) is 6.33 Å². The Balaban J connectivity index is 1.77. The molecule has 0 spiro atoms. The van der Waals surface area contributed by atoms with E-state index in [2.05, 4.69) is 25.6 Å². The largest absolute Gasteiger partial charge is 0.339 e. The van der Waals surface area contributed by atoms with Gasteiger partial charge in [-0.1, -0.05) is 23.7 Å². The Hall–Kier alpha value is -2.99. The van der Waals surface area contributed by atoms with Crippen LogP contribution < -0.4 is 10.6 Å². The van der Waals surface area contributed by atoms with Gasteiger partial charge in [0.1, 0.15) is 17.8 Å². The summed E-state index contributed by atoms with van der Waals surface area (Å²) in [5.74, 6) is 0.132. The van der Waals surface area contributed by atoms with Gasteiger partial charge in [-0.05, 0) is 24.3 Å². The van der Waals surface area contributed by atoms with Crippen LogP contribution >= 0.6 is 11.6 Å². The van der Waals surface area contributed by atoms with Crippen LogP contribution in [0.25, 0.3) is 0 Å². The van der Waals surface area contributed by atoms with Gasteiger partial charge in [-0.3, -0.25) is 9.78 Å². The zero-order valence-corrected chi connectivity index (χ0v) is 12.7. The van der Waals surface area contributed by atoms with Crippen molar-refractivity contribution >= 4 is 34.7 Å². The lowest BCUT2D eigenvalue weighted by Crippen LogP contribution is -2.14. The molecule has 1 amide bonds. The number of rotatable bonds is 4. The molecule has 1 aromatic carbocycles. The third-order valence-electron chi connectivity index (χ3n) is 2.96. The van der Waals surface area contributed by atoms with Crippen molar-refractivity contribution in [1.29, 1.82) is 0 Å². The van der Waals surface area contributed by atoms with E-state index in [1.807, 2.05) is 18.2 Å². The van der Waals surface area contributed by atoms with Crippen molar-refractivity contribution in [2.24, 2.45) is 0 Å². The molecule has 0 fully saturated rings. The molecule has 6 nitrogen and oxygen atoms in total. The zero-order chi connectivity index (χ0) is 16.1. The lowest BCUT2D eigenvalue weighted by Gasteiger charge is -2.08. The second-order valence-corrected chi connectivity index (χ2v) is 5.00. The Morgan fingerprint density at radius 3 is 2.74 bits per heavy atom. The molecule has 2 aromatic heterocycles. The smallest absolute Gasteiger partial charge is 0.274 e. The minimum Gasteiger partial charge on any atom is -0.339 e. The number of benzene rings is 1. The SMILES string of the molecule is O=C(Nc1cccnc1)c1cc(Nc2ccccc2Cl)ncn1. The van der Waals surface area contributed by atoms with Gasteiger partial charge >= 0.3 is 0 Å². The van der Waals surface area contributed by atoms with Crippen molar-refractivity contribution in [3.8, 4) is 0 Å². The zero-order valence-electron chi connectivity index (χ0n) is 11.9. The van der Waals surface area contributed by atoms with E-state index >= 15 is 0 Å². The van der Waals surface area contributed by atoms with Gasteiger partial charge < -0.3 is 10.6 Å². The number of hydrogen-bond donors (Lipinski definition) is 2. The maximum Gasteiger partial charge on any atom is 0.274 e. The predicted molar refractivity (Wildman–Crippen MR) is 89.0 cm³/mol. The standard InChI is InChI=1S/C16H12ClN5O/c17-12-5-1-2-6-13(12)22-15-8-14(19-10-20-15)16(23)21-11-4-3-7-18-9-11/h1-10H,(H,21,23)(H,19,20,22). The van der Waals surface area contributed by atoms with Crippen molar-refractivity contribution in [2.45, 2.75) is 0 Å². The summed E-state index contributed by atoms with van der Waals surface area (Å²) in [5.41, 5.74) is 1.53. The monoisotopic (exact) mass is 325 g/mol. The van der Waals surface area contributed by atoms with Crippen LogP contribution in [0.3, 0.4) is 0 Å². The average Bonchev–Trinajstić information content (AvgIpc) is 2.58. The molecular formula is C16H12ClN5O. The molecule has 0 unspecified atom stereocenters. The van der Waals surface area contributed by atoms with Crippen molar-refractivity contribution in [3.63, 3.8) is 0 Å². The molecule has 114 valence electrons. The average molecular weight is 326 g/mol. The second-order valence-electron chi connectivity index (χ2n) is 4.59. The summed E-state index contributed by atoms with van der Waals surface area (Å²) in [6, 6.07) is 12.3. The van der Waals surface area contributed by atoms with Crippen molar-refractivity contribution in [2.75, 3.05) is 10.6 Å². The quantitative estimate of drug-likeness (QED) is 0.767. The molecular weight excluding hydrogens is 314 g/mol. The summed E-state index contributed by atoms with van der Waals surface area (Å²) in [6.45, 7) is 0. The Kier molecular flexibility index (Phi) is 4.44. The number of aromatic nitrogens is 3. The van der Waals surface area contributed by atoms with Gasteiger partial charge in [-0.2, -0.15) is 0 Å². The lowest BCUT2D eigenvalue weighted by molar-refractivity contribution is 0.102. The normalized spacial score (nSPS) is 10.1. The fourth-order valence-corrected chi connectivity index (χ4v) is 2.07. The van der Waals surface area contributed by atoms with Crippen LogP contribution in [0.4, 0.5) is 17.2 Å². The summed E-state index contributed by atoms with van der Waals surface area (Å²) >= 11 is 6.09. The molecule has 0 atom stereocenters. The topological polar surface area (TPSA) is 79.8 Å². The highest BCUT2D eigenvalue weighted by atomic mass is 35.5. The van der Waals surface area contributed by atoms with Crippen LogP contribution in [-0.4, -0.2) is 20.9 Å². The number of para-hydroxylation sites is 1. The minimum absolute atomic E-state index is 0.235. The summed E-state index contributed by atoms with van der Waals surface area (Å²) in [5, 5.41) is 6.33. The third kappa shape index (κ3) is 3.81. The van der Waals surface area contributed by atoms with Crippen LogP contribution in [0.2, 0.25) is 5.02 Å². The van der Waals surface area contributed by atoms with Crippen LogP contribution in [0.1, 0.15) is 10.5 Å². The molecule has 7 heteroatoms. The molecule has 0 saturated heterocycles. The Morgan fingerprint density at radius 1 is 1.09 bits per heavy atom. The molecule has 3 aromatic rings. The molecule has 3 rings (SSSR count). The van der Waals surface area contributed by atoms with Gasteiger partial charge in [0.15, 0.2) is 0 Å². The van der Waals surface area contributed by atoms with Crippen molar-refractivity contribution in [3.05, 3.63) is 71.9 Å². The van der Waals surface area contributed by atoms with Gasteiger partial charge in [-0.15, -0.1) is 0 Å². The number of pyridine rings is 1. The van der Waals surface area contributed by atoms with Gasteiger partial charge in [0.05, 0.1) is 22.6 Å². The molecule has 0 aliphatic heterocycles. The summed E-state index contributed by atoms with van der Waals surface area (Å²) in [6.07, 6.45) is 4.51. The Labute approximate surface area is 137 Å². The summed E-state index contributed by atoms with van der Waals surface area (Å²) < 4.78 is 0. The number of amides is 1. The summed E-state index contributed by atoms with van der Waals surface area (Å²) in [7, 11) is 0. The summed E-state index contributed by atoms with van der Waals surface area (Å²) in [4.78, 5) is 24.2. The van der Waals surface area contributed by atoms with Crippen molar-refractivity contribution in [1.82, 2.24) is 15.0 Å². The molecule has 0 saturated carbocycles. The number of carbonyl (C=O) groups is 1. The number of hydrogen-bond acceptors (Lipinski definition) is 5. The molecule has 0 bridgehead atoms. The Bertz CT molecular complexity index is 825. The van der Waals surface area contributed by atoms with E-state index < -0.39 is 0 Å². The second kappa shape index (κ2) is 6.85. The third-order valence-corrected chi connectivity index (χ3v) is 3.29. The number of nitrogens with zero attached hydrogens (tertiary/aromatic N) is 3. The molecule has 0 aliphatic carbocycles. The fourth-order valence-electron chi connectivity index (χ4n) is 1.88. The number of halogens is 1. The number of nitrogens with one attached hydrogen (secondary N) is 2. The van der Waals surface area contributed by atoms with E-state index in [-0.39, 0.29) is 11.6 Å². The van der Waals surface area contributed by atoms with E-state index in [1.54, 1.807) is 36.7 Å². The lowest BCUT2D eigenvalue weighted by atomic mass is 10.3. The first-order valence-electron chi connectivity index (χ1n) is 6.77. The highest BCUT2D eigenvalue weighted by molar-refractivity contribution is 6.33. The van der Waals surface area contributed by atoms with Crippen LogP contribution in [0.15, 0.2) is 61.2 Å². The van der Waals surface area contributed by atoms with Crippen LogP contribution in [0.5, 0.6) is 0 Å². The predicted octanol–water partition coefficient (Wildman–Crippen LogP) is 3.52. The van der Waals surface area contributed by atoms with Gasteiger partial charge in [0.25, 0.3) is 5.91 Å². The van der Waals surface area contributed by atoms with Gasteiger partial charge in [0, 0.05) is 12.3 Å². The number of anilines is 3. The first kappa shape index (κ1) is 14.9. The first-order valence-corrected chi connectivity index (χ1v) is 7.15. The van der Waals surface area contributed by atoms with Gasteiger partial charge in [0.2, 0.25) is 0 Å². The van der Waals surface area contributed by atoms with E-state index in [4.69, 9.17) is 11.6 Å². The highest BCUT2D eigenvalue weighted by Gasteiger charge is 2.10. The fraction of sp³-hybridized carbons (Fsp3) is 0. The van der Waals surface area contributed by atoms with E-state index in [0.29, 0.717) is 22.2 Å². The van der Waals surface area contributed by atoms with Crippen LogP contribution in [-0.2, 0) is 0 Å². The minimum atomic E-state index is -0.345. The number of carbonyl (C=O) groups excluding carboxylic acids is 1. The first-order chi connectivity index (χ1) is 11.2. The molecule has 2 N–H and O–H groups in total. The van der Waals surface area contributed by atoms with Crippen LogP contribution in [0, 0.1) is 0 Å².